The number of carbonyl (C=O) groups excluding carboxylic acids is 1. The van der Waals surface area contributed by atoms with E-state index in [1.165, 1.54) is 18.3 Å². The fourth-order valence-electron chi connectivity index (χ4n) is 1.02. The molecule has 16 heavy (non-hydrogen) atoms. The van der Waals surface area contributed by atoms with E-state index in [0.717, 1.165) is 6.42 Å². The van der Waals surface area contributed by atoms with Crippen molar-refractivity contribution in [3.05, 3.63) is 24.3 Å². The van der Waals surface area contributed by atoms with Gasteiger partial charge in [-0.2, -0.15) is 4.39 Å². The standard InChI is InChI=1S/C11H15FN2O2/c1-3-8(2)14-11(15)7-16-9-4-5-10(12)13-6-9/h4-6,8H,3,7H2,1-2H3,(H,14,15). The smallest absolute Gasteiger partial charge is 0.258 e. The minimum atomic E-state index is -0.573. The Bertz CT molecular complexity index is 340. The molecule has 0 fully saturated rings. The lowest BCUT2D eigenvalue weighted by Gasteiger charge is -2.11. The van der Waals surface area contributed by atoms with Gasteiger partial charge in [-0.05, 0) is 25.5 Å². The van der Waals surface area contributed by atoms with Crippen LogP contribution in [0.15, 0.2) is 18.3 Å². The van der Waals surface area contributed by atoms with E-state index in [1.807, 2.05) is 13.8 Å². The molecule has 0 saturated carbocycles. The molecule has 5 heteroatoms. The van der Waals surface area contributed by atoms with Crippen LogP contribution in [-0.2, 0) is 4.79 Å². The van der Waals surface area contributed by atoms with Crippen molar-refractivity contribution in [3.8, 4) is 5.75 Å². The molecule has 4 nitrogen and oxygen atoms in total. The number of nitrogens with zero attached hydrogens (tertiary/aromatic N) is 1. The molecule has 88 valence electrons. The first-order chi connectivity index (χ1) is 7.61. The Morgan fingerprint density at radius 3 is 2.94 bits per heavy atom. The minimum Gasteiger partial charge on any atom is -0.482 e. The molecule has 0 spiro atoms. The number of hydrogen-bond acceptors (Lipinski definition) is 3. The average molecular weight is 226 g/mol. The van der Waals surface area contributed by atoms with Crippen molar-refractivity contribution in [3.63, 3.8) is 0 Å². The Morgan fingerprint density at radius 2 is 2.38 bits per heavy atom. The molecule has 0 bridgehead atoms. The van der Waals surface area contributed by atoms with E-state index in [-0.39, 0.29) is 18.6 Å². The lowest BCUT2D eigenvalue weighted by Crippen LogP contribution is -2.35. The summed E-state index contributed by atoms with van der Waals surface area (Å²) in [5.74, 6) is -0.393. The highest BCUT2D eigenvalue weighted by molar-refractivity contribution is 5.77. The van der Waals surface area contributed by atoms with Gasteiger partial charge in [-0.15, -0.1) is 0 Å². The number of carbonyl (C=O) groups is 1. The van der Waals surface area contributed by atoms with Crippen LogP contribution < -0.4 is 10.1 Å². The third-order valence-corrected chi connectivity index (χ3v) is 2.09. The first-order valence-electron chi connectivity index (χ1n) is 5.15. The quantitative estimate of drug-likeness (QED) is 0.774. The van der Waals surface area contributed by atoms with Crippen LogP contribution >= 0.6 is 0 Å². The maximum absolute atomic E-state index is 12.5. The molecular formula is C11H15FN2O2. The third kappa shape index (κ3) is 4.25. The van der Waals surface area contributed by atoms with E-state index in [4.69, 9.17) is 4.74 Å². The summed E-state index contributed by atoms with van der Waals surface area (Å²) >= 11 is 0. The van der Waals surface area contributed by atoms with Crippen LogP contribution in [0.5, 0.6) is 5.75 Å². The fraction of sp³-hybridized carbons (Fsp3) is 0.455. The van der Waals surface area contributed by atoms with E-state index < -0.39 is 5.95 Å². The maximum Gasteiger partial charge on any atom is 0.258 e. The van der Waals surface area contributed by atoms with Gasteiger partial charge in [0.2, 0.25) is 5.95 Å². The van der Waals surface area contributed by atoms with Crippen molar-refractivity contribution >= 4 is 5.91 Å². The molecule has 0 aliphatic heterocycles. The Morgan fingerprint density at radius 1 is 1.62 bits per heavy atom. The summed E-state index contributed by atoms with van der Waals surface area (Å²) in [5.41, 5.74) is 0. The summed E-state index contributed by atoms with van der Waals surface area (Å²) < 4.78 is 17.6. The number of halogens is 1. The summed E-state index contributed by atoms with van der Waals surface area (Å²) in [7, 11) is 0. The highest BCUT2D eigenvalue weighted by Crippen LogP contribution is 2.07. The van der Waals surface area contributed by atoms with Gasteiger partial charge in [-0.1, -0.05) is 6.92 Å². The summed E-state index contributed by atoms with van der Waals surface area (Å²) in [4.78, 5) is 14.7. The summed E-state index contributed by atoms with van der Waals surface area (Å²) in [5, 5.41) is 2.75. The second-order valence-corrected chi connectivity index (χ2v) is 3.48. The number of nitrogens with one attached hydrogen (secondary N) is 1. The second-order valence-electron chi connectivity index (χ2n) is 3.48. The lowest BCUT2D eigenvalue weighted by molar-refractivity contribution is -0.123. The number of amides is 1. The molecule has 1 heterocycles. The van der Waals surface area contributed by atoms with Crippen molar-refractivity contribution in [1.82, 2.24) is 10.3 Å². The normalized spacial score (nSPS) is 11.9. The number of aromatic nitrogens is 1. The molecule has 1 N–H and O–H groups in total. The van der Waals surface area contributed by atoms with Gasteiger partial charge < -0.3 is 10.1 Å². The molecule has 1 unspecified atom stereocenters. The van der Waals surface area contributed by atoms with Gasteiger partial charge in [-0.3, -0.25) is 4.79 Å². The van der Waals surface area contributed by atoms with Gasteiger partial charge in [-0.25, -0.2) is 4.98 Å². The van der Waals surface area contributed by atoms with E-state index in [2.05, 4.69) is 10.3 Å². The summed E-state index contributed by atoms with van der Waals surface area (Å²) in [6, 6.07) is 2.74. The van der Waals surface area contributed by atoms with Gasteiger partial charge in [0, 0.05) is 6.04 Å². The van der Waals surface area contributed by atoms with E-state index in [1.54, 1.807) is 0 Å². The van der Waals surface area contributed by atoms with Gasteiger partial charge in [0.1, 0.15) is 5.75 Å². The molecule has 0 radical (unpaired) electrons. The molecular weight excluding hydrogens is 211 g/mol. The Kier molecular flexibility index (Phi) is 4.69. The number of pyridine rings is 1. The highest BCUT2D eigenvalue weighted by atomic mass is 19.1. The van der Waals surface area contributed by atoms with Gasteiger partial charge >= 0.3 is 0 Å². The predicted molar refractivity (Wildman–Crippen MR) is 57.6 cm³/mol. The van der Waals surface area contributed by atoms with Crippen LogP contribution in [0.3, 0.4) is 0 Å². The molecule has 1 aromatic heterocycles. The molecule has 1 rings (SSSR count). The Hall–Kier alpha value is -1.65. The fourth-order valence-corrected chi connectivity index (χ4v) is 1.02. The molecule has 1 amide bonds. The molecule has 1 aromatic rings. The first-order valence-corrected chi connectivity index (χ1v) is 5.15. The Balaban J connectivity index is 2.34. The average Bonchev–Trinajstić information content (AvgIpc) is 2.28. The number of rotatable bonds is 5. The van der Waals surface area contributed by atoms with Crippen molar-refractivity contribution < 1.29 is 13.9 Å². The number of ether oxygens (including phenoxy) is 1. The topological polar surface area (TPSA) is 51.2 Å². The van der Waals surface area contributed by atoms with Crippen LogP contribution in [-0.4, -0.2) is 23.5 Å². The van der Waals surface area contributed by atoms with Crippen LogP contribution in [0.25, 0.3) is 0 Å². The zero-order valence-corrected chi connectivity index (χ0v) is 9.37. The molecule has 1 atom stereocenters. The summed E-state index contributed by atoms with van der Waals surface area (Å²) in [6.45, 7) is 3.81. The van der Waals surface area contributed by atoms with Gasteiger partial charge in [0.25, 0.3) is 5.91 Å². The largest absolute Gasteiger partial charge is 0.482 e. The van der Waals surface area contributed by atoms with Crippen LogP contribution in [0.2, 0.25) is 0 Å². The summed E-state index contributed by atoms with van der Waals surface area (Å²) in [6.07, 6.45) is 2.11. The van der Waals surface area contributed by atoms with Crippen molar-refractivity contribution in [2.24, 2.45) is 0 Å². The second kappa shape index (κ2) is 6.05. The van der Waals surface area contributed by atoms with Crippen LogP contribution in [0, 0.1) is 5.95 Å². The highest BCUT2D eigenvalue weighted by Gasteiger charge is 2.06. The van der Waals surface area contributed by atoms with Crippen LogP contribution in [0.1, 0.15) is 20.3 Å². The van der Waals surface area contributed by atoms with Crippen molar-refractivity contribution in [2.45, 2.75) is 26.3 Å². The van der Waals surface area contributed by atoms with Crippen LogP contribution in [0.4, 0.5) is 4.39 Å². The van der Waals surface area contributed by atoms with E-state index >= 15 is 0 Å². The van der Waals surface area contributed by atoms with Crippen molar-refractivity contribution in [2.75, 3.05) is 6.61 Å². The maximum atomic E-state index is 12.5. The third-order valence-electron chi connectivity index (χ3n) is 2.09. The minimum absolute atomic E-state index is 0.0857. The Labute approximate surface area is 93.8 Å². The van der Waals surface area contributed by atoms with Gasteiger partial charge in [0.15, 0.2) is 6.61 Å². The lowest BCUT2D eigenvalue weighted by atomic mass is 10.2. The predicted octanol–water partition coefficient (Wildman–Crippen LogP) is 1.51. The molecule has 0 aliphatic rings. The van der Waals surface area contributed by atoms with Crippen molar-refractivity contribution in [1.29, 1.82) is 0 Å². The zero-order valence-electron chi connectivity index (χ0n) is 9.37. The monoisotopic (exact) mass is 226 g/mol. The molecule has 0 aliphatic carbocycles. The number of hydrogen-bond donors (Lipinski definition) is 1. The van der Waals surface area contributed by atoms with Gasteiger partial charge in [0.05, 0.1) is 6.20 Å². The van der Waals surface area contributed by atoms with E-state index in [0.29, 0.717) is 5.75 Å². The van der Waals surface area contributed by atoms with E-state index in [9.17, 15) is 9.18 Å². The molecule has 0 saturated heterocycles. The first kappa shape index (κ1) is 12.4. The molecule has 0 aromatic carbocycles. The SMILES string of the molecule is CCC(C)NC(=O)COc1ccc(F)nc1. The zero-order chi connectivity index (χ0) is 12.0.